The topological polar surface area (TPSA) is 80.3 Å². The molecule has 0 atom stereocenters. The summed E-state index contributed by atoms with van der Waals surface area (Å²) in [6.07, 6.45) is 7.21. The van der Waals surface area contributed by atoms with Crippen molar-refractivity contribution in [3.63, 3.8) is 0 Å². The molecule has 0 radical (unpaired) electrons. The van der Waals surface area contributed by atoms with Crippen LogP contribution in [0.3, 0.4) is 0 Å². The minimum atomic E-state index is -0.101. The molecule has 1 fully saturated rings. The second-order valence-electron chi connectivity index (χ2n) is 7.40. The maximum absolute atomic E-state index is 12.5. The first-order chi connectivity index (χ1) is 13.6. The maximum atomic E-state index is 12.5. The molecule has 28 heavy (non-hydrogen) atoms. The number of amides is 2. The molecule has 2 N–H and O–H groups in total. The van der Waals surface area contributed by atoms with Crippen molar-refractivity contribution in [2.45, 2.75) is 45.6 Å². The molecule has 148 valence electrons. The fraction of sp³-hybridized carbons (Fsp3) is 0.409. The Hall–Kier alpha value is -2.73. The molecule has 2 amide bonds. The number of hydrogen-bond donors (Lipinski definition) is 2. The van der Waals surface area contributed by atoms with E-state index in [0.717, 1.165) is 42.5 Å². The highest BCUT2D eigenvalue weighted by Crippen LogP contribution is 2.31. The summed E-state index contributed by atoms with van der Waals surface area (Å²) in [5, 5.41) is 3.00. The van der Waals surface area contributed by atoms with Gasteiger partial charge in [-0.25, -0.2) is 5.48 Å². The van der Waals surface area contributed by atoms with E-state index in [0.29, 0.717) is 18.9 Å². The molecule has 0 bridgehead atoms. The minimum absolute atomic E-state index is 0.00112. The van der Waals surface area contributed by atoms with Crippen LogP contribution >= 0.6 is 0 Å². The number of pyridine rings is 1. The van der Waals surface area contributed by atoms with Crippen molar-refractivity contribution < 1.29 is 14.4 Å². The van der Waals surface area contributed by atoms with Crippen LogP contribution in [-0.2, 0) is 21.0 Å². The zero-order chi connectivity index (χ0) is 19.8. The third kappa shape index (κ3) is 5.89. The molecule has 1 aromatic carbocycles. The molecule has 0 unspecified atom stereocenters. The van der Waals surface area contributed by atoms with Gasteiger partial charge in [0.1, 0.15) is 0 Å². The molecule has 0 saturated heterocycles. The molecule has 1 aliphatic carbocycles. The van der Waals surface area contributed by atoms with E-state index < -0.39 is 0 Å². The van der Waals surface area contributed by atoms with Gasteiger partial charge >= 0.3 is 0 Å². The van der Waals surface area contributed by atoms with Gasteiger partial charge in [0, 0.05) is 30.4 Å². The third-order valence-corrected chi connectivity index (χ3v) is 5.24. The van der Waals surface area contributed by atoms with Gasteiger partial charge in [0.15, 0.2) is 0 Å². The number of carbonyl (C=O) groups excluding carboxylic acids is 2. The summed E-state index contributed by atoms with van der Waals surface area (Å²) >= 11 is 0. The van der Waals surface area contributed by atoms with E-state index in [-0.39, 0.29) is 17.7 Å². The van der Waals surface area contributed by atoms with E-state index in [1.165, 1.54) is 0 Å². The number of hydrogen-bond acceptors (Lipinski definition) is 4. The Morgan fingerprint density at radius 2 is 1.86 bits per heavy atom. The highest BCUT2D eigenvalue weighted by Gasteiger charge is 2.27. The first-order valence-electron chi connectivity index (χ1n) is 9.78. The fourth-order valence-corrected chi connectivity index (χ4v) is 3.56. The van der Waals surface area contributed by atoms with Gasteiger partial charge in [0.2, 0.25) is 11.8 Å². The van der Waals surface area contributed by atoms with Crippen LogP contribution in [0.5, 0.6) is 0 Å². The standard InChI is InChI=1S/C22H27N3O3/c1-16-14-23-12-11-20(16)24-22(27)19-9-7-17(8-10-19)13-21(26)25-28-15-18-5-3-2-4-6-18/h2-6,11-12,14,17,19H,7-10,13,15H2,1H3,(H,25,26)(H,23,24,27). The third-order valence-electron chi connectivity index (χ3n) is 5.24. The first-order valence-corrected chi connectivity index (χ1v) is 9.78. The van der Waals surface area contributed by atoms with Crippen LogP contribution in [0.1, 0.15) is 43.2 Å². The SMILES string of the molecule is Cc1cnccc1NC(=O)C1CCC(CC(=O)NOCc2ccccc2)CC1. The fourth-order valence-electron chi connectivity index (χ4n) is 3.56. The highest BCUT2D eigenvalue weighted by molar-refractivity contribution is 5.93. The lowest BCUT2D eigenvalue weighted by atomic mass is 9.80. The summed E-state index contributed by atoms with van der Waals surface area (Å²) in [7, 11) is 0. The van der Waals surface area contributed by atoms with Crippen LogP contribution in [0.2, 0.25) is 0 Å². The Morgan fingerprint density at radius 3 is 2.57 bits per heavy atom. The summed E-state index contributed by atoms with van der Waals surface area (Å²) in [5.74, 6) is 0.257. The van der Waals surface area contributed by atoms with Crippen molar-refractivity contribution in [2.24, 2.45) is 11.8 Å². The lowest BCUT2D eigenvalue weighted by Gasteiger charge is -2.27. The van der Waals surface area contributed by atoms with Gasteiger partial charge in [-0.05, 0) is 55.7 Å². The van der Waals surface area contributed by atoms with Gasteiger partial charge in [-0.2, -0.15) is 0 Å². The lowest BCUT2D eigenvalue weighted by molar-refractivity contribution is -0.135. The molecule has 1 heterocycles. The first kappa shape index (κ1) is 20.0. The molecule has 0 spiro atoms. The lowest BCUT2D eigenvalue weighted by Crippen LogP contribution is -2.30. The molecule has 3 rings (SSSR count). The Morgan fingerprint density at radius 1 is 1.11 bits per heavy atom. The van der Waals surface area contributed by atoms with Gasteiger partial charge in [-0.1, -0.05) is 30.3 Å². The van der Waals surface area contributed by atoms with E-state index in [4.69, 9.17) is 4.84 Å². The molecule has 6 heteroatoms. The number of benzene rings is 1. The van der Waals surface area contributed by atoms with E-state index in [9.17, 15) is 9.59 Å². The number of carbonyl (C=O) groups is 2. The zero-order valence-corrected chi connectivity index (χ0v) is 16.2. The summed E-state index contributed by atoms with van der Waals surface area (Å²) < 4.78 is 0. The van der Waals surface area contributed by atoms with E-state index >= 15 is 0 Å². The number of nitrogens with one attached hydrogen (secondary N) is 2. The number of rotatable bonds is 7. The molecular weight excluding hydrogens is 354 g/mol. The van der Waals surface area contributed by atoms with Crippen LogP contribution in [0, 0.1) is 18.8 Å². The second kappa shape index (κ2) is 9.99. The summed E-state index contributed by atoms with van der Waals surface area (Å²) in [6.45, 7) is 2.28. The van der Waals surface area contributed by atoms with Crippen LogP contribution in [0.15, 0.2) is 48.8 Å². The van der Waals surface area contributed by atoms with Crippen molar-refractivity contribution in [3.05, 3.63) is 59.9 Å². The van der Waals surface area contributed by atoms with E-state index in [1.54, 1.807) is 12.4 Å². The normalized spacial score (nSPS) is 19.0. The van der Waals surface area contributed by atoms with E-state index in [2.05, 4.69) is 15.8 Å². The smallest absolute Gasteiger partial charge is 0.243 e. The Balaban J connectivity index is 1.36. The van der Waals surface area contributed by atoms with Crippen LogP contribution in [0.4, 0.5) is 5.69 Å². The predicted octanol–water partition coefficient (Wildman–Crippen LogP) is 3.77. The number of aromatic nitrogens is 1. The monoisotopic (exact) mass is 381 g/mol. The number of hydroxylamine groups is 1. The van der Waals surface area contributed by atoms with Crippen molar-refractivity contribution >= 4 is 17.5 Å². The summed E-state index contributed by atoms with van der Waals surface area (Å²) in [5.41, 5.74) is 5.31. The number of nitrogens with zero attached hydrogens (tertiary/aromatic N) is 1. The summed E-state index contributed by atoms with van der Waals surface area (Å²) in [4.78, 5) is 33.9. The molecule has 0 aliphatic heterocycles. The second-order valence-corrected chi connectivity index (χ2v) is 7.40. The molecule has 6 nitrogen and oxygen atoms in total. The van der Waals surface area contributed by atoms with Gasteiger partial charge in [-0.3, -0.25) is 19.4 Å². The quantitative estimate of drug-likeness (QED) is 0.716. The molecule has 1 saturated carbocycles. The van der Waals surface area contributed by atoms with Crippen LogP contribution < -0.4 is 10.8 Å². The van der Waals surface area contributed by atoms with Crippen LogP contribution in [-0.4, -0.2) is 16.8 Å². The van der Waals surface area contributed by atoms with E-state index in [1.807, 2.05) is 43.3 Å². The molecule has 2 aromatic rings. The Kier molecular flexibility index (Phi) is 7.14. The average Bonchev–Trinajstić information content (AvgIpc) is 2.71. The maximum Gasteiger partial charge on any atom is 0.243 e. The van der Waals surface area contributed by atoms with Crippen molar-refractivity contribution in [1.29, 1.82) is 0 Å². The van der Waals surface area contributed by atoms with Gasteiger partial charge in [-0.15, -0.1) is 0 Å². The van der Waals surface area contributed by atoms with Gasteiger partial charge < -0.3 is 5.32 Å². The zero-order valence-electron chi connectivity index (χ0n) is 16.2. The summed E-state index contributed by atoms with van der Waals surface area (Å²) in [6, 6.07) is 11.5. The molecule has 1 aliphatic rings. The molecule has 1 aromatic heterocycles. The van der Waals surface area contributed by atoms with Gasteiger partial charge in [0.05, 0.1) is 6.61 Å². The Labute approximate surface area is 165 Å². The van der Waals surface area contributed by atoms with Crippen molar-refractivity contribution in [2.75, 3.05) is 5.32 Å². The van der Waals surface area contributed by atoms with Crippen LogP contribution in [0.25, 0.3) is 0 Å². The number of aryl methyl sites for hydroxylation is 1. The van der Waals surface area contributed by atoms with Crippen molar-refractivity contribution in [1.82, 2.24) is 10.5 Å². The molecular formula is C22H27N3O3. The minimum Gasteiger partial charge on any atom is -0.325 e. The Bertz CT molecular complexity index is 787. The predicted molar refractivity (Wildman–Crippen MR) is 107 cm³/mol. The van der Waals surface area contributed by atoms with Gasteiger partial charge in [0.25, 0.3) is 0 Å². The highest BCUT2D eigenvalue weighted by atomic mass is 16.6. The number of anilines is 1. The average molecular weight is 381 g/mol. The van der Waals surface area contributed by atoms with Crippen molar-refractivity contribution in [3.8, 4) is 0 Å². The largest absolute Gasteiger partial charge is 0.325 e.